The topological polar surface area (TPSA) is 56.1 Å². The summed E-state index contributed by atoms with van der Waals surface area (Å²) in [6, 6.07) is 23.9. The van der Waals surface area contributed by atoms with Gasteiger partial charge in [0.25, 0.3) is 5.91 Å². The van der Waals surface area contributed by atoms with Crippen molar-refractivity contribution in [2.75, 3.05) is 11.9 Å². The normalized spacial score (nSPS) is 10.8. The summed E-state index contributed by atoms with van der Waals surface area (Å²) >= 11 is 0. The molecular formula is C24H23N3O2. The number of para-hydroxylation sites is 2. The number of rotatable bonds is 6. The highest BCUT2D eigenvalue weighted by atomic mass is 16.5. The van der Waals surface area contributed by atoms with E-state index >= 15 is 0 Å². The summed E-state index contributed by atoms with van der Waals surface area (Å²) in [5.41, 5.74) is 5.16. The predicted octanol–water partition coefficient (Wildman–Crippen LogP) is 4.72. The molecule has 0 aliphatic carbocycles. The number of nitrogens with zero attached hydrogens (tertiary/aromatic N) is 2. The highest BCUT2D eigenvalue weighted by Crippen LogP contribution is 2.21. The fourth-order valence-corrected chi connectivity index (χ4v) is 3.42. The van der Waals surface area contributed by atoms with Crippen molar-refractivity contribution in [2.45, 2.75) is 20.4 Å². The molecule has 146 valence electrons. The maximum Gasteiger partial charge on any atom is 0.264 e. The first-order valence-electron chi connectivity index (χ1n) is 9.58. The van der Waals surface area contributed by atoms with Gasteiger partial charge in [0.2, 0.25) is 5.95 Å². The number of anilines is 1. The third kappa shape index (κ3) is 4.46. The van der Waals surface area contributed by atoms with E-state index in [0.717, 1.165) is 27.7 Å². The predicted molar refractivity (Wildman–Crippen MR) is 115 cm³/mol. The second-order valence-electron chi connectivity index (χ2n) is 7.16. The van der Waals surface area contributed by atoms with Gasteiger partial charge in [0.15, 0.2) is 6.61 Å². The lowest BCUT2D eigenvalue weighted by Crippen LogP contribution is -2.22. The third-order valence-corrected chi connectivity index (χ3v) is 4.65. The van der Waals surface area contributed by atoms with Crippen molar-refractivity contribution in [3.05, 3.63) is 89.5 Å². The minimum absolute atomic E-state index is 0.0720. The standard InChI is InChI=1S/C24H23N3O2/c1-17-12-18(2)14-20(13-17)29-16-23(28)26-24-25-21-10-6-7-11-22(21)27(24)15-19-8-4-3-5-9-19/h3-14H,15-16H2,1-2H3,(H,25,26,28). The number of benzene rings is 3. The molecule has 3 aromatic carbocycles. The fraction of sp³-hybridized carbons (Fsp3) is 0.167. The lowest BCUT2D eigenvalue weighted by molar-refractivity contribution is -0.118. The van der Waals surface area contributed by atoms with E-state index in [9.17, 15) is 4.79 Å². The summed E-state index contributed by atoms with van der Waals surface area (Å²) in [5.74, 6) is 0.966. The molecule has 0 unspecified atom stereocenters. The summed E-state index contributed by atoms with van der Waals surface area (Å²) in [7, 11) is 0. The number of hydrogen-bond acceptors (Lipinski definition) is 3. The van der Waals surface area contributed by atoms with Crippen molar-refractivity contribution in [3.8, 4) is 5.75 Å². The van der Waals surface area contributed by atoms with Gasteiger partial charge in [0, 0.05) is 0 Å². The molecule has 1 N–H and O–H groups in total. The van der Waals surface area contributed by atoms with Crippen LogP contribution in [0.4, 0.5) is 5.95 Å². The van der Waals surface area contributed by atoms with E-state index in [4.69, 9.17) is 4.74 Å². The Balaban J connectivity index is 1.53. The van der Waals surface area contributed by atoms with E-state index in [1.165, 1.54) is 0 Å². The van der Waals surface area contributed by atoms with Crippen molar-refractivity contribution >= 4 is 22.9 Å². The SMILES string of the molecule is Cc1cc(C)cc(OCC(=O)Nc2nc3ccccc3n2Cc2ccccc2)c1. The zero-order valence-electron chi connectivity index (χ0n) is 16.6. The Kier molecular flexibility index (Phi) is 5.29. The summed E-state index contributed by atoms with van der Waals surface area (Å²) in [6.45, 7) is 4.56. The van der Waals surface area contributed by atoms with E-state index in [2.05, 4.69) is 28.5 Å². The number of carbonyl (C=O) groups is 1. The van der Waals surface area contributed by atoms with Gasteiger partial charge in [-0.05, 0) is 54.8 Å². The smallest absolute Gasteiger partial charge is 0.264 e. The lowest BCUT2D eigenvalue weighted by atomic mass is 10.1. The number of carbonyl (C=O) groups excluding carboxylic acids is 1. The number of aryl methyl sites for hydroxylation is 2. The van der Waals surface area contributed by atoms with Crippen LogP contribution in [0.15, 0.2) is 72.8 Å². The highest BCUT2D eigenvalue weighted by Gasteiger charge is 2.14. The first kappa shape index (κ1) is 18.7. The van der Waals surface area contributed by atoms with Gasteiger partial charge in [-0.3, -0.25) is 10.1 Å². The first-order chi connectivity index (χ1) is 14.1. The Morgan fingerprint density at radius 2 is 1.66 bits per heavy atom. The molecular weight excluding hydrogens is 362 g/mol. The second kappa shape index (κ2) is 8.19. The molecule has 0 saturated carbocycles. The number of ether oxygens (including phenoxy) is 1. The molecule has 0 radical (unpaired) electrons. The molecule has 29 heavy (non-hydrogen) atoms. The van der Waals surface area contributed by atoms with Gasteiger partial charge in [-0.2, -0.15) is 0 Å². The largest absolute Gasteiger partial charge is 0.484 e. The fourth-order valence-electron chi connectivity index (χ4n) is 3.42. The van der Waals surface area contributed by atoms with Gasteiger partial charge >= 0.3 is 0 Å². The Hall–Kier alpha value is -3.60. The Labute approximate surface area is 170 Å². The van der Waals surface area contributed by atoms with Crippen molar-refractivity contribution in [2.24, 2.45) is 0 Å². The summed E-state index contributed by atoms with van der Waals surface area (Å²) in [5, 5.41) is 2.91. The van der Waals surface area contributed by atoms with Crippen LogP contribution in [0.25, 0.3) is 11.0 Å². The van der Waals surface area contributed by atoms with Crippen molar-refractivity contribution in [3.63, 3.8) is 0 Å². The van der Waals surface area contributed by atoms with E-state index in [1.54, 1.807) is 0 Å². The maximum absolute atomic E-state index is 12.5. The molecule has 5 heteroatoms. The minimum atomic E-state index is -0.242. The van der Waals surface area contributed by atoms with Gasteiger partial charge in [-0.25, -0.2) is 4.98 Å². The molecule has 1 amide bonds. The number of hydrogen-bond donors (Lipinski definition) is 1. The zero-order valence-corrected chi connectivity index (χ0v) is 16.6. The molecule has 1 heterocycles. The molecule has 0 bridgehead atoms. The number of aromatic nitrogens is 2. The van der Waals surface area contributed by atoms with Gasteiger partial charge in [-0.1, -0.05) is 48.5 Å². The summed E-state index contributed by atoms with van der Waals surface area (Å²) < 4.78 is 7.70. The van der Waals surface area contributed by atoms with Crippen LogP contribution < -0.4 is 10.1 Å². The molecule has 4 rings (SSSR count). The summed E-state index contributed by atoms with van der Waals surface area (Å²) in [6.07, 6.45) is 0. The molecule has 4 aromatic rings. The van der Waals surface area contributed by atoms with Crippen LogP contribution >= 0.6 is 0 Å². The Morgan fingerprint density at radius 3 is 2.41 bits per heavy atom. The molecule has 0 fully saturated rings. The van der Waals surface area contributed by atoms with Crippen molar-refractivity contribution in [1.29, 1.82) is 0 Å². The van der Waals surface area contributed by atoms with Gasteiger partial charge < -0.3 is 9.30 Å². The molecule has 1 aromatic heterocycles. The molecule has 0 spiro atoms. The average Bonchev–Trinajstić information content (AvgIpc) is 3.04. The van der Waals surface area contributed by atoms with E-state index in [0.29, 0.717) is 18.2 Å². The molecule has 0 aliphatic rings. The van der Waals surface area contributed by atoms with Crippen molar-refractivity contribution < 1.29 is 9.53 Å². The van der Waals surface area contributed by atoms with E-state index < -0.39 is 0 Å². The maximum atomic E-state index is 12.5. The van der Waals surface area contributed by atoms with E-state index in [-0.39, 0.29) is 12.5 Å². The Morgan fingerprint density at radius 1 is 0.966 bits per heavy atom. The monoisotopic (exact) mass is 385 g/mol. The van der Waals surface area contributed by atoms with Crippen LogP contribution in [0.3, 0.4) is 0 Å². The van der Waals surface area contributed by atoms with Crippen LogP contribution in [-0.4, -0.2) is 22.1 Å². The quantitative estimate of drug-likeness (QED) is 0.523. The van der Waals surface area contributed by atoms with Crippen LogP contribution in [0, 0.1) is 13.8 Å². The molecule has 0 saturated heterocycles. The van der Waals surface area contributed by atoms with Gasteiger partial charge in [-0.15, -0.1) is 0 Å². The Bertz CT molecular complexity index is 1130. The third-order valence-electron chi connectivity index (χ3n) is 4.65. The number of nitrogens with one attached hydrogen (secondary N) is 1. The number of imidazole rings is 1. The van der Waals surface area contributed by atoms with Crippen LogP contribution in [0.5, 0.6) is 5.75 Å². The molecule has 0 aliphatic heterocycles. The number of fused-ring (bicyclic) bond motifs is 1. The zero-order chi connectivity index (χ0) is 20.2. The van der Waals surface area contributed by atoms with Gasteiger partial charge in [0.1, 0.15) is 5.75 Å². The summed E-state index contributed by atoms with van der Waals surface area (Å²) in [4.78, 5) is 17.2. The second-order valence-corrected chi connectivity index (χ2v) is 7.16. The highest BCUT2D eigenvalue weighted by molar-refractivity contribution is 5.92. The van der Waals surface area contributed by atoms with Crippen molar-refractivity contribution in [1.82, 2.24) is 9.55 Å². The minimum Gasteiger partial charge on any atom is -0.484 e. The van der Waals surface area contributed by atoms with Crippen LogP contribution in [0.1, 0.15) is 16.7 Å². The molecule has 0 atom stereocenters. The first-order valence-corrected chi connectivity index (χ1v) is 9.58. The van der Waals surface area contributed by atoms with Crippen LogP contribution in [0.2, 0.25) is 0 Å². The molecule has 5 nitrogen and oxygen atoms in total. The van der Waals surface area contributed by atoms with Crippen LogP contribution in [-0.2, 0) is 11.3 Å². The number of amides is 1. The van der Waals surface area contributed by atoms with E-state index in [1.807, 2.05) is 73.0 Å². The average molecular weight is 385 g/mol. The van der Waals surface area contributed by atoms with Gasteiger partial charge in [0.05, 0.1) is 17.6 Å². The lowest BCUT2D eigenvalue weighted by Gasteiger charge is -2.11.